The van der Waals surface area contributed by atoms with E-state index in [9.17, 15) is 4.79 Å². The molecule has 0 saturated carbocycles. The van der Waals surface area contributed by atoms with Crippen molar-refractivity contribution in [3.63, 3.8) is 0 Å². The molecular formula is C17H14N2O2S. The van der Waals surface area contributed by atoms with Gasteiger partial charge in [0.2, 0.25) is 0 Å². The number of ether oxygens (including phenoxy) is 1. The first-order valence-electron chi connectivity index (χ1n) is 7.16. The van der Waals surface area contributed by atoms with E-state index < -0.39 is 6.10 Å². The maximum Gasteiger partial charge on any atom is 0.261 e. The SMILES string of the molecule is O=C(NCc1nc2ccccc2s1)[C@@H]1Cc2ccccc2O1. The number of para-hydroxylation sites is 2. The van der Waals surface area contributed by atoms with Crippen molar-refractivity contribution in [3.05, 3.63) is 59.1 Å². The first-order valence-corrected chi connectivity index (χ1v) is 7.98. The van der Waals surface area contributed by atoms with E-state index in [4.69, 9.17) is 4.74 Å². The first kappa shape index (κ1) is 13.3. The highest BCUT2D eigenvalue weighted by atomic mass is 32.1. The highest BCUT2D eigenvalue weighted by molar-refractivity contribution is 7.18. The van der Waals surface area contributed by atoms with Gasteiger partial charge >= 0.3 is 0 Å². The number of nitrogens with zero attached hydrogens (tertiary/aromatic N) is 1. The number of thiazole rings is 1. The van der Waals surface area contributed by atoms with E-state index in [1.807, 2.05) is 48.5 Å². The van der Waals surface area contributed by atoms with Crippen LogP contribution in [0.15, 0.2) is 48.5 Å². The van der Waals surface area contributed by atoms with Crippen LogP contribution in [0.4, 0.5) is 0 Å². The molecule has 0 radical (unpaired) electrons. The van der Waals surface area contributed by atoms with Crippen LogP contribution >= 0.6 is 11.3 Å². The smallest absolute Gasteiger partial charge is 0.261 e. The minimum atomic E-state index is -0.438. The number of nitrogens with one attached hydrogen (secondary N) is 1. The number of benzene rings is 2. The van der Waals surface area contributed by atoms with Gasteiger partial charge in [0.15, 0.2) is 6.10 Å². The number of hydrogen-bond acceptors (Lipinski definition) is 4. The van der Waals surface area contributed by atoms with Gasteiger partial charge in [0, 0.05) is 6.42 Å². The van der Waals surface area contributed by atoms with E-state index in [-0.39, 0.29) is 5.91 Å². The van der Waals surface area contributed by atoms with Gasteiger partial charge in [0.25, 0.3) is 5.91 Å². The molecule has 0 bridgehead atoms. The van der Waals surface area contributed by atoms with Crippen molar-refractivity contribution < 1.29 is 9.53 Å². The summed E-state index contributed by atoms with van der Waals surface area (Å²) in [6.45, 7) is 0.439. The van der Waals surface area contributed by atoms with Gasteiger partial charge < -0.3 is 10.1 Å². The summed E-state index contributed by atoms with van der Waals surface area (Å²) in [6, 6.07) is 15.7. The molecule has 1 aliphatic rings. The number of aromatic nitrogens is 1. The van der Waals surface area contributed by atoms with E-state index in [0.29, 0.717) is 13.0 Å². The second-order valence-electron chi connectivity index (χ2n) is 5.21. The molecule has 3 aromatic rings. The molecule has 0 unspecified atom stereocenters. The summed E-state index contributed by atoms with van der Waals surface area (Å²) < 4.78 is 6.82. The van der Waals surface area contributed by atoms with Gasteiger partial charge in [-0.15, -0.1) is 11.3 Å². The van der Waals surface area contributed by atoms with Crippen molar-refractivity contribution >= 4 is 27.5 Å². The van der Waals surface area contributed by atoms with Gasteiger partial charge in [-0.1, -0.05) is 30.3 Å². The molecular weight excluding hydrogens is 296 g/mol. The van der Waals surface area contributed by atoms with Crippen molar-refractivity contribution in [2.24, 2.45) is 0 Å². The van der Waals surface area contributed by atoms with E-state index in [1.54, 1.807) is 11.3 Å². The van der Waals surface area contributed by atoms with E-state index in [1.165, 1.54) is 0 Å². The fourth-order valence-corrected chi connectivity index (χ4v) is 3.51. The van der Waals surface area contributed by atoms with Crippen LogP contribution in [-0.2, 0) is 17.8 Å². The average Bonchev–Trinajstić information content (AvgIpc) is 3.15. The predicted molar refractivity (Wildman–Crippen MR) is 86.0 cm³/mol. The molecule has 0 saturated heterocycles. The molecule has 1 amide bonds. The van der Waals surface area contributed by atoms with Crippen LogP contribution in [0.2, 0.25) is 0 Å². The lowest BCUT2D eigenvalue weighted by atomic mass is 10.1. The Hall–Kier alpha value is -2.40. The Morgan fingerprint density at radius 3 is 2.91 bits per heavy atom. The van der Waals surface area contributed by atoms with E-state index in [2.05, 4.69) is 10.3 Å². The van der Waals surface area contributed by atoms with Gasteiger partial charge in [-0.05, 0) is 23.8 Å². The topological polar surface area (TPSA) is 51.2 Å². The summed E-state index contributed by atoms with van der Waals surface area (Å²) in [6.07, 6.45) is 0.189. The van der Waals surface area contributed by atoms with E-state index >= 15 is 0 Å². The summed E-state index contributed by atoms with van der Waals surface area (Å²) in [7, 11) is 0. The lowest BCUT2D eigenvalue weighted by Crippen LogP contribution is -2.36. The minimum absolute atomic E-state index is 0.0875. The molecule has 2 aromatic carbocycles. The monoisotopic (exact) mass is 310 g/mol. The Balaban J connectivity index is 1.41. The highest BCUT2D eigenvalue weighted by Gasteiger charge is 2.28. The van der Waals surface area contributed by atoms with Crippen LogP contribution in [0.25, 0.3) is 10.2 Å². The summed E-state index contributed by atoms with van der Waals surface area (Å²) >= 11 is 1.60. The van der Waals surface area contributed by atoms with Gasteiger partial charge in [-0.3, -0.25) is 4.79 Å². The Labute approximate surface area is 131 Å². The van der Waals surface area contributed by atoms with Crippen molar-refractivity contribution in [2.75, 3.05) is 0 Å². The summed E-state index contributed by atoms with van der Waals surface area (Å²) in [4.78, 5) is 16.8. The molecule has 2 heterocycles. The second kappa shape index (κ2) is 5.42. The van der Waals surface area contributed by atoms with Crippen LogP contribution in [0, 0.1) is 0 Å². The molecule has 0 aliphatic carbocycles. The third kappa shape index (κ3) is 2.44. The fraction of sp³-hybridized carbons (Fsp3) is 0.176. The third-order valence-electron chi connectivity index (χ3n) is 3.69. The van der Waals surface area contributed by atoms with Crippen molar-refractivity contribution in [1.82, 2.24) is 10.3 Å². The zero-order valence-electron chi connectivity index (χ0n) is 11.8. The largest absolute Gasteiger partial charge is 0.480 e. The Morgan fingerprint density at radius 1 is 1.23 bits per heavy atom. The van der Waals surface area contributed by atoms with Crippen LogP contribution in [-0.4, -0.2) is 17.0 Å². The van der Waals surface area contributed by atoms with Crippen LogP contribution in [0.3, 0.4) is 0 Å². The molecule has 1 aromatic heterocycles. The third-order valence-corrected chi connectivity index (χ3v) is 4.73. The zero-order chi connectivity index (χ0) is 14.9. The summed E-state index contributed by atoms with van der Waals surface area (Å²) in [5.74, 6) is 0.720. The van der Waals surface area contributed by atoms with Gasteiger partial charge in [-0.2, -0.15) is 0 Å². The van der Waals surface area contributed by atoms with Crippen LogP contribution in [0.5, 0.6) is 5.75 Å². The minimum Gasteiger partial charge on any atom is -0.480 e. The lowest BCUT2D eigenvalue weighted by molar-refractivity contribution is -0.127. The van der Waals surface area contributed by atoms with Gasteiger partial charge in [0.05, 0.1) is 16.8 Å². The standard InChI is InChI=1S/C17H14N2O2S/c20-17(14-9-11-5-1-3-7-13(11)21-14)18-10-16-19-12-6-2-4-8-15(12)22-16/h1-8,14H,9-10H2,(H,18,20)/t14-/m0/s1. The number of fused-ring (bicyclic) bond motifs is 2. The lowest BCUT2D eigenvalue weighted by Gasteiger charge is -2.10. The quantitative estimate of drug-likeness (QED) is 0.809. The number of rotatable bonds is 3. The zero-order valence-corrected chi connectivity index (χ0v) is 12.6. The van der Waals surface area contributed by atoms with Crippen LogP contribution in [0.1, 0.15) is 10.6 Å². The Kier molecular flexibility index (Phi) is 3.27. The summed E-state index contributed by atoms with van der Waals surface area (Å²) in [5.41, 5.74) is 2.06. The van der Waals surface area contributed by atoms with Crippen molar-refractivity contribution in [1.29, 1.82) is 0 Å². The maximum atomic E-state index is 12.2. The summed E-state index contributed by atoms with van der Waals surface area (Å²) in [5, 5.41) is 3.83. The number of hydrogen-bond donors (Lipinski definition) is 1. The molecule has 1 N–H and O–H groups in total. The molecule has 110 valence electrons. The molecule has 0 spiro atoms. The first-order chi connectivity index (χ1) is 10.8. The molecule has 1 atom stereocenters. The molecule has 4 nitrogen and oxygen atoms in total. The number of amides is 1. The normalized spacial score (nSPS) is 16.3. The average molecular weight is 310 g/mol. The van der Waals surface area contributed by atoms with Crippen molar-refractivity contribution in [3.8, 4) is 5.75 Å². The molecule has 4 rings (SSSR count). The Bertz CT molecular complexity index is 785. The Morgan fingerprint density at radius 2 is 2.05 bits per heavy atom. The molecule has 1 aliphatic heterocycles. The van der Waals surface area contributed by atoms with Gasteiger partial charge in [-0.25, -0.2) is 4.98 Å². The fourth-order valence-electron chi connectivity index (χ4n) is 2.60. The molecule has 5 heteroatoms. The van der Waals surface area contributed by atoms with Crippen LogP contribution < -0.4 is 10.1 Å². The molecule has 0 fully saturated rings. The predicted octanol–water partition coefficient (Wildman–Crippen LogP) is 2.92. The maximum absolute atomic E-state index is 12.2. The number of carbonyl (C=O) groups is 1. The van der Waals surface area contributed by atoms with Gasteiger partial charge in [0.1, 0.15) is 10.8 Å². The highest BCUT2D eigenvalue weighted by Crippen LogP contribution is 2.28. The van der Waals surface area contributed by atoms with Crippen molar-refractivity contribution in [2.45, 2.75) is 19.1 Å². The second-order valence-corrected chi connectivity index (χ2v) is 6.33. The number of carbonyl (C=O) groups excluding carboxylic acids is 1. The molecule has 22 heavy (non-hydrogen) atoms. The van der Waals surface area contributed by atoms with E-state index in [0.717, 1.165) is 26.5 Å².